The summed E-state index contributed by atoms with van der Waals surface area (Å²) in [5, 5.41) is 15.7. The molecule has 1 aliphatic carbocycles. The topological polar surface area (TPSA) is 65.5 Å². The molecular weight excluding hydrogens is 298 g/mol. The van der Waals surface area contributed by atoms with Gasteiger partial charge in [-0.05, 0) is 37.0 Å². The summed E-state index contributed by atoms with van der Waals surface area (Å²) in [6, 6.07) is 0. The largest absolute Gasteiger partial charge is 0.465 e. The van der Waals surface area contributed by atoms with E-state index in [-0.39, 0.29) is 5.41 Å². The lowest BCUT2D eigenvalue weighted by Crippen LogP contribution is -2.49. The van der Waals surface area contributed by atoms with Crippen LogP contribution < -0.4 is 5.32 Å². The van der Waals surface area contributed by atoms with E-state index in [1.807, 2.05) is 11.6 Å². The SMILES string of the molecule is O=C(O)N1CCC(CNc2nccs2)(C2CCCCC2)CC1. The summed E-state index contributed by atoms with van der Waals surface area (Å²) in [5.74, 6) is 0.727. The Kier molecular flexibility index (Phi) is 4.86. The fourth-order valence-electron chi connectivity index (χ4n) is 4.15. The third-order valence-corrected chi connectivity index (χ3v) is 6.26. The highest BCUT2D eigenvalue weighted by molar-refractivity contribution is 7.13. The summed E-state index contributed by atoms with van der Waals surface area (Å²) in [6.07, 6.45) is 9.61. The number of aromatic nitrogens is 1. The van der Waals surface area contributed by atoms with Crippen molar-refractivity contribution in [1.29, 1.82) is 0 Å². The lowest BCUT2D eigenvalue weighted by atomic mass is 9.63. The summed E-state index contributed by atoms with van der Waals surface area (Å²) >= 11 is 1.64. The maximum Gasteiger partial charge on any atom is 0.407 e. The van der Waals surface area contributed by atoms with Crippen molar-refractivity contribution < 1.29 is 9.90 Å². The van der Waals surface area contributed by atoms with E-state index in [1.165, 1.54) is 32.1 Å². The third kappa shape index (κ3) is 3.37. The predicted octanol–water partition coefficient (Wildman–Crippen LogP) is 3.90. The smallest absolute Gasteiger partial charge is 0.407 e. The maximum absolute atomic E-state index is 11.2. The normalized spacial score (nSPS) is 22.5. The Hall–Kier alpha value is -1.30. The first-order valence-corrected chi connectivity index (χ1v) is 9.19. The maximum atomic E-state index is 11.2. The van der Waals surface area contributed by atoms with Crippen LogP contribution in [0.2, 0.25) is 0 Å². The number of amides is 1. The first-order chi connectivity index (χ1) is 10.7. The van der Waals surface area contributed by atoms with Gasteiger partial charge in [-0.15, -0.1) is 11.3 Å². The second-order valence-corrected chi connectivity index (χ2v) is 7.55. The molecule has 2 fully saturated rings. The third-order valence-electron chi connectivity index (χ3n) is 5.52. The second-order valence-electron chi connectivity index (χ2n) is 6.66. The van der Waals surface area contributed by atoms with Crippen LogP contribution in [-0.2, 0) is 0 Å². The molecule has 0 aromatic carbocycles. The van der Waals surface area contributed by atoms with Crippen molar-refractivity contribution in [2.24, 2.45) is 11.3 Å². The van der Waals surface area contributed by atoms with Crippen LogP contribution >= 0.6 is 11.3 Å². The zero-order chi connectivity index (χ0) is 15.4. The monoisotopic (exact) mass is 323 g/mol. The molecule has 2 aliphatic rings. The van der Waals surface area contributed by atoms with E-state index in [0.717, 1.165) is 30.4 Å². The molecule has 1 aromatic heterocycles. The van der Waals surface area contributed by atoms with E-state index in [9.17, 15) is 9.90 Å². The summed E-state index contributed by atoms with van der Waals surface area (Å²) in [6.45, 7) is 2.27. The van der Waals surface area contributed by atoms with Gasteiger partial charge in [-0.1, -0.05) is 19.3 Å². The standard InChI is InChI=1S/C16H25N3O2S/c20-15(21)19-9-6-16(7-10-19,13-4-2-1-3-5-13)12-18-14-17-8-11-22-14/h8,11,13H,1-7,9-10,12H2,(H,17,18)(H,20,21). The molecule has 3 rings (SSSR count). The molecule has 6 heteroatoms. The molecule has 1 saturated heterocycles. The van der Waals surface area contributed by atoms with Crippen molar-refractivity contribution >= 4 is 22.6 Å². The van der Waals surface area contributed by atoms with Gasteiger partial charge >= 0.3 is 6.09 Å². The second kappa shape index (κ2) is 6.86. The Morgan fingerprint density at radius 1 is 1.36 bits per heavy atom. The van der Waals surface area contributed by atoms with Gasteiger partial charge in [0.1, 0.15) is 0 Å². The van der Waals surface area contributed by atoms with E-state index < -0.39 is 6.09 Å². The fraction of sp³-hybridized carbons (Fsp3) is 0.750. The van der Waals surface area contributed by atoms with E-state index in [1.54, 1.807) is 16.2 Å². The van der Waals surface area contributed by atoms with Crippen molar-refractivity contribution in [3.63, 3.8) is 0 Å². The molecule has 1 aliphatic heterocycles. The van der Waals surface area contributed by atoms with Gasteiger partial charge in [0.2, 0.25) is 0 Å². The number of anilines is 1. The van der Waals surface area contributed by atoms with Crippen LogP contribution in [0.3, 0.4) is 0 Å². The molecule has 5 nitrogen and oxygen atoms in total. The van der Waals surface area contributed by atoms with Gasteiger partial charge in [0.25, 0.3) is 0 Å². The fourth-order valence-corrected chi connectivity index (χ4v) is 4.68. The minimum absolute atomic E-state index is 0.234. The Morgan fingerprint density at radius 2 is 2.09 bits per heavy atom. The van der Waals surface area contributed by atoms with E-state index in [4.69, 9.17) is 0 Å². The first kappa shape index (κ1) is 15.6. The van der Waals surface area contributed by atoms with Crippen LogP contribution in [0.15, 0.2) is 11.6 Å². The molecule has 0 spiro atoms. The highest BCUT2D eigenvalue weighted by Crippen LogP contribution is 2.46. The first-order valence-electron chi connectivity index (χ1n) is 8.31. The van der Waals surface area contributed by atoms with E-state index in [0.29, 0.717) is 13.1 Å². The summed E-state index contributed by atoms with van der Waals surface area (Å²) in [7, 11) is 0. The van der Waals surface area contributed by atoms with Crippen LogP contribution in [0.4, 0.5) is 9.93 Å². The van der Waals surface area contributed by atoms with Gasteiger partial charge in [0.15, 0.2) is 5.13 Å². The molecule has 0 radical (unpaired) electrons. The van der Waals surface area contributed by atoms with Crippen molar-refractivity contribution in [3.05, 3.63) is 11.6 Å². The van der Waals surface area contributed by atoms with Crippen LogP contribution in [0.5, 0.6) is 0 Å². The van der Waals surface area contributed by atoms with Crippen LogP contribution in [0.25, 0.3) is 0 Å². The number of piperidine rings is 1. The van der Waals surface area contributed by atoms with Gasteiger partial charge in [-0.25, -0.2) is 9.78 Å². The Labute approximate surface area is 135 Å². The van der Waals surface area contributed by atoms with E-state index in [2.05, 4.69) is 10.3 Å². The lowest BCUT2D eigenvalue weighted by molar-refractivity contribution is 0.0411. The molecule has 0 unspecified atom stereocenters. The molecular formula is C16H25N3O2S. The number of hydrogen-bond acceptors (Lipinski definition) is 4. The number of likely N-dealkylation sites (tertiary alicyclic amines) is 1. The highest BCUT2D eigenvalue weighted by atomic mass is 32.1. The summed E-state index contributed by atoms with van der Waals surface area (Å²) in [5.41, 5.74) is 0.234. The van der Waals surface area contributed by atoms with E-state index >= 15 is 0 Å². The quantitative estimate of drug-likeness (QED) is 0.882. The highest BCUT2D eigenvalue weighted by Gasteiger charge is 2.42. The van der Waals surface area contributed by atoms with Gasteiger partial charge < -0.3 is 15.3 Å². The Morgan fingerprint density at radius 3 is 2.68 bits per heavy atom. The molecule has 2 N–H and O–H groups in total. The number of nitrogens with zero attached hydrogens (tertiary/aromatic N) is 2. The van der Waals surface area contributed by atoms with Crippen LogP contribution in [0.1, 0.15) is 44.9 Å². The van der Waals surface area contributed by atoms with Gasteiger partial charge in [-0.2, -0.15) is 0 Å². The number of rotatable bonds is 4. The number of carboxylic acid groups (broad SMARTS) is 1. The zero-order valence-electron chi connectivity index (χ0n) is 13.0. The molecule has 22 heavy (non-hydrogen) atoms. The minimum atomic E-state index is -0.773. The average molecular weight is 323 g/mol. The zero-order valence-corrected chi connectivity index (χ0v) is 13.8. The number of nitrogens with one attached hydrogen (secondary N) is 1. The lowest BCUT2D eigenvalue weighted by Gasteiger charge is -2.47. The summed E-state index contributed by atoms with van der Waals surface area (Å²) in [4.78, 5) is 17.1. The number of thiazole rings is 1. The molecule has 1 aromatic rings. The van der Waals surface area contributed by atoms with Crippen molar-refractivity contribution in [3.8, 4) is 0 Å². The average Bonchev–Trinajstić information content (AvgIpc) is 3.08. The van der Waals surface area contributed by atoms with Crippen molar-refractivity contribution in [1.82, 2.24) is 9.88 Å². The minimum Gasteiger partial charge on any atom is -0.465 e. The molecule has 122 valence electrons. The van der Waals surface area contributed by atoms with Gasteiger partial charge in [0, 0.05) is 31.2 Å². The molecule has 2 heterocycles. The molecule has 1 saturated carbocycles. The van der Waals surface area contributed by atoms with Gasteiger partial charge in [0.05, 0.1) is 0 Å². The molecule has 1 amide bonds. The summed E-state index contributed by atoms with van der Waals surface area (Å²) < 4.78 is 0. The van der Waals surface area contributed by atoms with Gasteiger partial charge in [-0.3, -0.25) is 0 Å². The van der Waals surface area contributed by atoms with Crippen LogP contribution in [-0.4, -0.2) is 40.7 Å². The molecule has 0 bridgehead atoms. The number of hydrogen-bond donors (Lipinski definition) is 2. The van der Waals surface area contributed by atoms with Crippen molar-refractivity contribution in [2.45, 2.75) is 44.9 Å². The Bertz CT molecular complexity index is 478. The number of carbonyl (C=O) groups is 1. The predicted molar refractivity (Wildman–Crippen MR) is 88.4 cm³/mol. The Balaban J connectivity index is 1.69. The van der Waals surface area contributed by atoms with Crippen molar-refractivity contribution in [2.75, 3.05) is 25.0 Å². The molecule has 0 atom stereocenters. The van der Waals surface area contributed by atoms with Crippen LogP contribution in [0, 0.1) is 11.3 Å².